The Bertz CT molecular complexity index is 867. The Morgan fingerprint density at radius 1 is 1.36 bits per heavy atom. The number of amides is 1. The fourth-order valence-corrected chi connectivity index (χ4v) is 4.12. The number of halogens is 1. The van der Waals surface area contributed by atoms with E-state index >= 15 is 0 Å². The van der Waals surface area contributed by atoms with Gasteiger partial charge < -0.3 is 19.6 Å². The highest BCUT2D eigenvalue weighted by Crippen LogP contribution is 2.33. The number of fused-ring (bicyclic) bond motifs is 1. The highest BCUT2D eigenvalue weighted by molar-refractivity contribution is 6.32. The van der Waals surface area contributed by atoms with Crippen molar-refractivity contribution in [3.63, 3.8) is 0 Å². The zero-order valence-electron chi connectivity index (χ0n) is 15.4. The Kier molecular flexibility index (Phi) is 5.48. The molecule has 1 saturated heterocycles. The van der Waals surface area contributed by atoms with E-state index in [2.05, 4.69) is 4.99 Å². The lowest BCUT2D eigenvalue weighted by Crippen LogP contribution is -2.44. The molecule has 148 valence electrons. The minimum absolute atomic E-state index is 0.0651. The van der Waals surface area contributed by atoms with Crippen molar-refractivity contribution >= 4 is 34.7 Å². The van der Waals surface area contributed by atoms with Gasteiger partial charge >= 0.3 is 0 Å². The molecule has 1 unspecified atom stereocenters. The second-order valence-electron chi connectivity index (χ2n) is 7.15. The van der Waals surface area contributed by atoms with Gasteiger partial charge in [-0.15, -0.1) is 0 Å². The van der Waals surface area contributed by atoms with Crippen molar-refractivity contribution in [2.24, 2.45) is 4.99 Å². The first-order valence-electron chi connectivity index (χ1n) is 9.41. The first-order chi connectivity index (χ1) is 13.5. The summed E-state index contributed by atoms with van der Waals surface area (Å²) < 4.78 is 5.45. The second-order valence-corrected chi connectivity index (χ2v) is 7.56. The number of hydrogen-bond acceptors (Lipinski definition) is 6. The minimum Gasteiger partial charge on any atom is -0.394 e. The molecule has 7 nitrogen and oxygen atoms in total. The summed E-state index contributed by atoms with van der Waals surface area (Å²) >= 11 is 6.23. The van der Waals surface area contributed by atoms with E-state index in [1.807, 2.05) is 23.1 Å². The monoisotopic (exact) mass is 403 g/mol. The summed E-state index contributed by atoms with van der Waals surface area (Å²) in [5.74, 6) is 0.402. The third kappa shape index (κ3) is 3.83. The molecule has 1 fully saturated rings. The summed E-state index contributed by atoms with van der Waals surface area (Å²) in [5.41, 5.74) is 2.40. The van der Waals surface area contributed by atoms with Crippen molar-refractivity contribution in [1.82, 2.24) is 4.90 Å². The summed E-state index contributed by atoms with van der Waals surface area (Å²) in [7, 11) is 0. The predicted octanol–water partition coefficient (Wildman–Crippen LogP) is 1.57. The van der Waals surface area contributed by atoms with Gasteiger partial charge in [-0.25, -0.2) is 4.99 Å². The van der Waals surface area contributed by atoms with Crippen LogP contribution in [0.5, 0.6) is 0 Å². The fraction of sp³-hybridized carbons (Fsp3) is 0.450. The second kappa shape index (κ2) is 8.03. The lowest BCUT2D eigenvalue weighted by Gasteiger charge is -2.34. The van der Waals surface area contributed by atoms with Crippen molar-refractivity contribution in [2.45, 2.75) is 25.4 Å². The van der Waals surface area contributed by atoms with Gasteiger partial charge in [-0.05, 0) is 24.1 Å². The van der Waals surface area contributed by atoms with Crippen molar-refractivity contribution in [1.29, 1.82) is 0 Å². The molecule has 0 spiro atoms. The van der Waals surface area contributed by atoms with E-state index < -0.39 is 0 Å². The molecule has 0 bridgehead atoms. The van der Waals surface area contributed by atoms with Crippen LogP contribution in [0.25, 0.3) is 0 Å². The van der Waals surface area contributed by atoms with Crippen molar-refractivity contribution < 1.29 is 19.4 Å². The van der Waals surface area contributed by atoms with Crippen LogP contribution in [-0.2, 0) is 20.7 Å². The maximum atomic E-state index is 12.9. The van der Waals surface area contributed by atoms with Gasteiger partial charge in [-0.2, -0.15) is 0 Å². The number of aliphatic imine (C=N–C) groups is 1. The molecule has 0 aliphatic carbocycles. The molecule has 1 amide bonds. The smallest absolute Gasteiger partial charge is 0.232 e. The average molecular weight is 404 g/mol. The molecule has 4 rings (SSSR count). The maximum Gasteiger partial charge on any atom is 0.232 e. The van der Waals surface area contributed by atoms with Gasteiger partial charge in [-0.3, -0.25) is 9.59 Å². The maximum absolute atomic E-state index is 12.9. The SMILES string of the molecule is O=C1C=C(N2CCOC(CO)C2)N=C(CC(=O)N2CCc3c(Cl)cccc32)C1. The van der Waals surface area contributed by atoms with Crippen molar-refractivity contribution in [3.05, 3.63) is 40.7 Å². The summed E-state index contributed by atoms with van der Waals surface area (Å²) in [6.07, 6.45) is 2.20. The van der Waals surface area contributed by atoms with Crippen LogP contribution in [0, 0.1) is 0 Å². The molecule has 1 aromatic carbocycles. The molecule has 8 heteroatoms. The van der Waals surface area contributed by atoms with Gasteiger partial charge in [0.2, 0.25) is 5.91 Å². The molecule has 3 aliphatic rings. The molecule has 1 atom stereocenters. The number of anilines is 1. The topological polar surface area (TPSA) is 82.4 Å². The number of allylic oxidation sites excluding steroid dienone is 1. The number of benzene rings is 1. The van der Waals surface area contributed by atoms with Gasteiger partial charge in [0.05, 0.1) is 25.7 Å². The summed E-state index contributed by atoms with van der Waals surface area (Å²) in [6.45, 7) is 2.04. The number of morpholine rings is 1. The van der Waals surface area contributed by atoms with E-state index in [1.54, 1.807) is 4.90 Å². The average Bonchev–Trinajstić information content (AvgIpc) is 3.13. The molecule has 0 aromatic heterocycles. The zero-order valence-corrected chi connectivity index (χ0v) is 16.2. The van der Waals surface area contributed by atoms with E-state index in [-0.39, 0.29) is 37.2 Å². The lowest BCUT2D eigenvalue weighted by atomic mass is 10.1. The Hall–Kier alpha value is -2.22. The van der Waals surface area contributed by atoms with Crippen LogP contribution >= 0.6 is 11.6 Å². The summed E-state index contributed by atoms with van der Waals surface area (Å²) in [6, 6.07) is 5.57. The molecule has 0 radical (unpaired) electrons. The standard InChI is InChI=1S/C20H22ClN3O4/c21-17-2-1-3-18-16(17)4-5-24(18)20(27)9-13-8-14(26)10-19(22-13)23-6-7-28-15(11-23)12-25/h1-3,10,15,25H,4-9,11-12H2. The molecule has 28 heavy (non-hydrogen) atoms. The third-order valence-electron chi connectivity index (χ3n) is 5.23. The van der Waals surface area contributed by atoms with E-state index in [0.717, 1.165) is 17.7 Å². The quantitative estimate of drug-likeness (QED) is 0.825. The number of aliphatic hydroxyl groups excluding tert-OH is 1. The van der Waals surface area contributed by atoms with Gasteiger partial charge in [0.25, 0.3) is 0 Å². The highest BCUT2D eigenvalue weighted by Gasteiger charge is 2.29. The number of carbonyl (C=O) groups excluding carboxylic acids is 2. The van der Waals surface area contributed by atoms with Gasteiger partial charge in [0, 0.05) is 48.6 Å². The number of ether oxygens (including phenoxy) is 1. The lowest BCUT2D eigenvalue weighted by molar-refractivity contribution is -0.117. The summed E-state index contributed by atoms with van der Waals surface area (Å²) in [5, 5.41) is 9.99. The number of ketones is 1. The first-order valence-corrected chi connectivity index (χ1v) is 9.79. The molecule has 3 aliphatic heterocycles. The molecular weight excluding hydrogens is 382 g/mol. The van der Waals surface area contributed by atoms with Crippen molar-refractivity contribution in [3.8, 4) is 0 Å². The summed E-state index contributed by atoms with van der Waals surface area (Å²) in [4.78, 5) is 33.3. The van der Waals surface area contributed by atoms with Crippen LogP contribution in [0.1, 0.15) is 18.4 Å². The largest absolute Gasteiger partial charge is 0.394 e. The number of rotatable bonds is 4. The van der Waals surface area contributed by atoms with Crippen molar-refractivity contribution in [2.75, 3.05) is 37.7 Å². The number of aliphatic hydroxyl groups is 1. The van der Waals surface area contributed by atoms with E-state index in [9.17, 15) is 14.7 Å². The normalized spacial score (nSPS) is 22.1. The van der Waals surface area contributed by atoms with Gasteiger partial charge in [0.1, 0.15) is 5.82 Å². The van der Waals surface area contributed by atoms with Crippen LogP contribution in [-0.4, -0.2) is 66.4 Å². The molecule has 0 saturated carbocycles. The molecular formula is C20H22ClN3O4. The zero-order chi connectivity index (χ0) is 19.7. The predicted molar refractivity (Wildman–Crippen MR) is 106 cm³/mol. The van der Waals surface area contributed by atoms with E-state index in [1.165, 1.54) is 6.08 Å². The van der Waals surface area contributed by atoms with Crippen LogP contribution in [0.3, 0.4) is 0 Å². The van der Waals surface area contributed by atoms with Gasteiger partial charge in [0.15, 0.2) is 5.78 Å². The Morgan fingerprint density at radius 2 is 2.21 bits per heavy atom. The molecule has 1 N–H and O–H groups in total. The van der Waals surface area contributed by atoms with Crippen LogP contribution < -0.4 is 4.90 Å². The molecule has 1 aromatic rings. The molecule has 3 heterocycles. The number of carbonyl (C=O) groups is 2. The van der Waals surface area contributed by atoms with E-state index in [0.29, 0.717) is 42.8 Å². The number of nitrogens with zero attached hydrogens (tertiary/aromatic N) is 3. The van der Waals surface area contributed by atoms with Gasteiger partial charge in [-0.1, -0.05) is 17.7 Å². The fourth-order valence-electron chi connectivity index (χ4n) is 3.85. The number of hydrogen-bond donors (Lipinski definition) is 1. The third-order valence-corrected chi connectivity index (χ3v) is 5.59. The Labute approximate surface area is 168 Å². The van der Waals surface area contributed by atoms with Crippen LogP contribution in [0.2, 0.25) is 5.02 Å². The Balaban J connectivity index is 1.48. The first kappa shape index (κ1) is 19.1. The Morgan fingerprint density at radius 3 is 3.04 bits per heavy atom. The van der Waals surface area contributed by atoms with Crippen LogP contribution in [0.4, 0.5) is 5.69 Å². The van der Waals surface area contributed by atoms with Crippen LogP contribution in [0.15, 0.2) is 35.1 Å². The van der Waals surface area contributed by atoms with E-state index in [4.69, 9.17) is 16.3 Å². The highest BCUT2D eigenvalue weighted by atomic mass is 35.5. The minimum atomic E-state index is -0.294.